The Hall–Kier alpha value is -1.78. The van der Waals surface area contributed by atoms with E-state index in [9.17, 15) is 13.2 Å². The molecular formula is C22H29N3O4S2. The molecular weight excluding hydrogens is 434 g/mol. The molecule has 2 aliphatic rings. The van der Waals surface area contributed by atoms with Crippen molar-refractivity contribution >= 4 is 27.3 Å². The Kier molecular flexibility index (Phi) is 7.39. The number of piperidine rings is 1. The molecule has 31 heavy (non-hydrogen) atoms. The Morgan fingerprint density at radius 2 is 1.77 bits per heavy atom. The number of benzene rings is 1. The van der Waals surface area contributed by atoms with E-state index in [2.05, 4.69) is 27.0 Å². The van der Waals surface area contributed by atoms with Gasteiger partial charge in [-0.2, -0.15) is 15.6 Å². The third kappa shape index (κ3) is 5.72. The molecule has 7 nitrogen and oxygen atoms in total. The third-order valence-corrected chi connectivity index (χ3v) is 8.61. The second kappa shape index (κ2) is 10.2. The van der Waals surface area contributed by atoms with Gasteiger partial charge in [0, 0.05) is 31.7 Å². The number of nitrogens with zero attached hydrogens (tertiary/aromatic N) is 2. The maximum Gasteiger partial charge on any atom is 0.251 e. The van der Waals surface area contributed by atoms with Crippen molar-refractivity contribution in [3.63, 3.8) is 0 Å². The highest BCUT2D eigenvalue weighted by Gasteiger charge is 2.26. The average Bonchev–Trinajstić information content (AvgIpc) is 3.32. The third-order valence-electron chi connectivity index (χ3n) is 5.97. The van der Waals surface area contributed by atoms with Crippen LogP contribution in [-0.2, 0) is 21.3 Å². The van der Waals surface area contributed by atoms with Crippen LogP contribution >= 0.6 is 11.3 Å². The quantitative estimate of drug-likeness (QED) is 0.682. The fourth-order valence-electron chi connectivity index (χ4n) is 4.04. The molecule has 2 fully saturated rings. The van der Waals surface area contributed by atoms with Crippen LogP contribution in [0.4, 0.5) is 0 Å². The number of hydrogen-bond donors (Lipinski definition) is 1. The summed E-state index contributed by atoms with van der Waals surface area (Å²) in [5, 5.41) is 7.33. The topological polar surface area (TPSA) is 79.0 Å². The summed E-state index contributed by atoms with van der Waals surface area (Å²) in [5.74, 6) is 0.319. The van der Waals surface area contributed by atoms with E-state index >= 15 is 0 Å². The molecule has 1 aromatic carbocycles. The number of nitrogens with one attached hydrogen (secondary N) is 1. The predicted molar refractivity (Wildman–Crippen MR) is 121 cm³/mol. The lowest BCUT2D eigenvalue weighted by molar-refractivity contribution is 0.0730. The second-order valence-electron chi connectivity index (χ2n) is 8.10. The van der Waals surface area contributed by atoms with Gasteiger partial charge in [-0.25, -0.2) is 8.42 Å². The largest absolute Gasteiger partial charge is 0.379 e. The maximum atomic E-state index is 12.7. The molecule has 4 rings (SSSR count). The number of amides is 1. The molecule has 2 aliphatic heterocycles. The lowest BCUT2D eigenvalue weighted by atomic mass is 9.96. The van der Waals surface area contributed by atoms with Crippen LogP contribution in [0.15, 0.2) is 46.0 Å². The molecule has 1 aromatic heterocycles. The van der Waals surface area contributed by atoms with Crippen LogP contribution in [0.25, 0.3) is 0 Å². The summed E-state index contributed by atoms with van der Waals surface area (Å²) in [6.45, 7) is 5.28. The van der Waals surface area contributed by atoms with Gasteiger partial charge in [-0.05, 0) is 78.5 Å². The number of carbonyl (C=O) groups is 1. The molecule has 3 heterocycles. The summed E-state index contributed by atoms with van der Waals surface area (Å²) >= 11 is 1.73. The minimum atomic E-state index is -3.54. The molecule has 0 unspecified atom stereocenters. The molecule has 1 amide bonds. The van der Waals surface area contributed by atoms with Crippen molar-refractivity contribution in [2.45, 2.75) is 24.3 Å². The van der Waals surface area contributed by atoms with Crippen molar-refractivity contribution in [3.8, 4) is 0 Å². The van der Waals surface area contributed by atoms with Gasteiger partial charge in [0.05, 0.1) is 18.1 Å². The van der Waals surface area contributed by atoms with Gasteiger partial charge in [-0.1, -0.05) is 0 Å². The molecule has 0 radical (unpaired) electrons. The van der Waals surface area contributed by atoms with Crippen LogP contribution in [0.5, 0.6) is 0 Å². The Balaban J connectivity index is 1.24. The van der Waals surface area contributed by atoms with E-state index in [4.69, 9.17) is 4.74 Å². The highest BCUT2D eigenvalue weighted by molar-refractivity contribution is 7.89. The second-order valence-corrected chi connectivity index (χ2v) is 10.8. The first-order chi connectivity index (χ1) is 15.0. The molecule has 9 heteroatoms. The van der Waals surface area contributed by atoms with E-state index in [1.165, 1.54) is 22.0 Å². The summed E-state index contributed by atoms with van der Waals surface area (Å²) < 4.78 is 32.0. The maximum absolute atomic E-state index is 12.7. The van der Waals surface area contributed by atoms with Crippen molar-refractivity contribution < 1.29 is 17.9 Å². The van der Waals surface area contributed by atoms with Crippen LogP contribution in [0, 0.1) is 5.92 Å². The summed E-state index contributed by atoms with van der Waals surface area (Å²) in [6.07, 6.45) is 2.14. The number of sulfonamides is 1. The van der Waals surface area contributed by atoms with Gasteiger partial charge in [0.2, 0.25) is 10.0 Å². The molecule has 0 saturated carbocycles. The van der Waals surface area contributed by atoms with Gasteiger partial charge in [-0.3, -0.25) is 9.69 Å². The highest BCUT2D eigenvalue weighted by atomic mass is 32.2. The van der Waals surface area contributed by atoms with Gasteiger partial charge in [0.1, 0.15) is 0 Å². The summed E-state index contributed by atoms with van der Waals surface area (Å²) in [6, 6.07) is 8.39. The highest BCUT2D eigenvalue weighted by Crippen LogP contribution is 2.20. The Morgan fingerprint density at radius 1 is 1.06 bits per heavy atom. The Labute approximate surface area is 188 Å². The monoisotopic (exact) mass is 463 g/mol. The van der Waals surface area contributed by atoms with Crippen LogP contribution in [0.2, 0.25) is 0 Å². The van der Waals surface area contributed by atoms with Gasteiger partial charge in [0.25, 0.3) is 5.91 Å². The lowest BCUT2D eigenvalue weighted by Gasteiger charge is -2.31. The lowest BCUT2D eigenvalue weighted by Crippen LogP contribution is -2.40. The first-order valence-corrected chi connectivity index (χ1v) is 13.1. The first kappa shape index (κ1) is 22.4. The van der Waals surface area contributed by atoms with Crippen molar-refractivity contribution in [2.24, 2.45) is 5.92 Å². The SMILES string of the molecule is O=C(NCC1CCN(Cc2ccsc2)CC1)c1ccc(S(=O)(=O)N2CCOCC2)cc1. The number of thiophene rings is 1. The van der Waals surface area contributed by atoms with E-state index in [0.29, 0.717) is 44.3 Å². The average molecular weight is 464 g/mol. The molecule has 168 valence electrons. The van der Waals surface area contributed by atoms with E-state index in [1.54, 1.807) is 23.5 Å². The normalized spacial score (nSPS) is 19.4. The molecule has 0 atom stereocenters. The minimum Gasteiger partial charge on any atom is -0.379 e. The zero-order chi connectivity index (χ0) is 21.7. The molecule has 2 aromatic rings. The fourth-order valence-corrected chi connectivity index (χ4v) is 6.11. The summed E-state index contributed by atoms with van der Waals surface area (Å²) in [5.41, 5.74) is 1.85. The number of morpholine rings is 1. The van der Waals surface area contributed by atoms with Crippen molar-refractivity contribution in [3.05, 3.63) is 52.2 Å². The molecule has 2 saturated heterocycles. The zero-order valence-corrected chi connectivity index (χ0v) is 19.2. The number of likely N-dealkylation sites (tertiary alicyclic amines) is 1. The Morgan fingerprint density at radius 3 is 2.42 bits per heavy atom. The number of carbonyl (C=O) groups excluding carboxylic acids is 1. The standard InChI is InChI=1S/C22H29N3O4S2/c26-22(23-15-18-5-8-24(9-6-18)16-19-7-14-30-17-19)20-1-3-21(4-2-20)31(27,28)25-10-12-29-13-11-25/h1-4,7,14,17-18H,5-6,8-13,15-16H2,(H,23,26). The van der Waals surface area contributed by atoms with Crippen LogP contribution < -0.4 is 5.32 Å². The van der Waals surface area contributed by atoms with Gasteiger partial charge < -0.3 is 10.1 Å². The first-order valence-electron chi connectivity index (χ1n) is 10.7. The summed E-state index contributed by atoms with van der Waals surface area (Å²) in [4.78, 5) is 15.2. The van der Waals surface area contributed by atoms with E-state index < -0.39 is 10.0 Å². The van der Waals surface area contributed by atoms with Crippen LogP contribution in [0.1, 0.15) is 28.8 Å². The number of hydrogen-bond acceptors (Lipinski definition) is 6. The smallest absolute Gasteiger partial charge is 0.251 e. The molecule has 0 spiro atoms. The Bertz CT molecular complexity index is 947. The minimum absolute atomic E-state index is 0.156. The molecule has 1 N–H and O–H groups in total. The summed E-state index contributed by atoms with van der Waals surface area (Å²) in [7, 11) is -3.54. The van der Waals surface area contributed by atoms with Crippen molar-refractivity contribution in [1.29, 1.82) is 0 Å². The number of ether oxygens (including phenoxy) is 1. The molecule has 0 aliphatic carbocycles. The molecule has 0 bridgehead atoms. The predicted octanol–water partition coefficient (Wildman–Crippen LogP) is 2.41. The van der Waals surface area contributed by atoms with Crippen LogP contribution in [0.3, 0.4) is 0 Å². The van der Waals surface area contributed by atoms with E-state index in [-0.39, 0.29) is 10.8 Å². The van der Waals surface area contributed by atoms with Gasteiger partial charge >= 0.3 is 0 Å². The van der Waals surface area contributed by atoms with E-state index in [0.717, 1.165) is 32.5 Å². The number of rotatable bonds is 7. The van der Waals surface area contributed by atoms with Crippen LogP contribution in [-0.4, -0.2) is 69.5 Å². The van der Waals surface area contributed by atoms with Crippen molar-refractivity contribution in [2.75, 3.05) is 45.9 Å². The fraction of sp³-hybridized carbons (Fsp3) is 0.500. The van der Waals surface area contributed by atoms with Gasteiger partial charge in [-0.15, -0.1) is 0 Å². The van der Waals surface area contributed by atoms with Gasteiger partial charge in [0.15, 0.2) is 0 Å². The van der Waals surface area contributed by atoms with Crippen molar-refractivity contribution in [1.82, 2.24) is 14.5 Å². The zero-order valence-electron chi connectivity index (χ0n) is 17.5. The van der Waals surface area contributed by atoms with E-state index in [1.807, 2.05) is 0 Å².